The van der Waals surface area contributed by atoms with E-state index >= 15 is 0 Å². The number of fused-ring (bicyclic) bond motifs is 4. The van der Waals surface area contributed by atoms with Crippen molar-refractivity contribution in [1.29, 1.82) is 0 Å². The van der Waals surface area contributed by atoms with Crippen LogP contribution in [-0.4, -0.2) is 139 Å². The SMILES string of the molecule is COc1cc2c(cc1Nc1nc(Nc3cccc(F)c3C(N)=O)c3c(C)c[nH]c3n1)N(C(=O)CN(C)C)CC2.COc1cc2c(cc1Nc1nc(Nc3cccc(F)c3C(N)=O)c3c(C)cn(S(=O)(=O)c4ccc(C)cc4)c3n1)N(C(=O)CN(C)C)CC2. The van der Waals surface area contributed by atoms with Crippen LogP contribution >= 0.6 is 0 Å². The molecule has 0 fully saturated rings. The van der Waals surface area contributed by atoms with Crippen LogP contribution in [0.2, 0.25) is 0 Å². The maximum atomic E-state index is 14.8. The van der Waals surface area contributed by atoms with Crippen LogP contribution in [0.1, 0.15) is 48.5 Å². The molecule has 2 aliphatic rings. The lowest BCUT2D eigenvalue weighted by Crippen LogP contribution is -2.36. The van der Waals surface area contributed by atoms with Gasteiger partial charge in [0.2, 0.25) is 23.7 Å². The first-order valence-corrected chi connectivity index (χ1v) is 29.0. The van der Waals surface area contributed by atoms with Gasteiger partial charge in [-0.1, -0.05) is 29.8 Å². The van der Waals surface area contributed by atoms with Crippen LogP contribution in [0.3, 0.4) is 0 Å². The number of aromatic amines is 1. The Hall–Kier alpha value is -10.3. The Labute approximate surface area is 504 Å². The number of halogens is 2. The molecular formula is C61H64F2N16O8S. The van der Waals surface area contributed by atoms with E-state index in [1.807, 2.05) is 65.1 Å². The Balaban J connectivity index is 0.000000199. The molecule has 0 atom stereocenters. The number of benzene rings is 5. The minimum atomic E-state index is -4.15. The minimum absolute atomic E-state index is 0.00114. The number of hydrogen-bond acceptors (Lipinski definition) is 18. The molecule has 5 aromatic carbocycles. The summed E-state index contributed by atoms with van der Waals surface area (Å²) in [5.74, 6) is -1.95. The number of methoxy groups -OCH3 is 2. The number of nitrogens with zero attached hydrogens (tertiary/aromatic N) is 9. The van der Waals surface area contributed by atoms with Crippen LogP contribution in [0.25, 0.3) is 22.1 Å². The molecule has 0 unspecified atom stereocenters. The molecule has 9 aromatic rings. The number of rotatable bonds is 18. The van der Waals surface area contributed by atoms with Crippen LogP contribution < -0.4 is 52.0 Å². The van der Waals surface area contributed by atoms with Crippen molar-refractivity contribution in [3.63, 3.8) is 0 Å². The van der Waals surface area contributed by atoms with Gasteiger partial charge in [-0.3, -0.25) is 19.2 Å². The second kappa shape index (κ2) is 24.6. The lowest BCUT2D eigenvalue weighted by atomic mass is 10.1. The summed E-state index contributed by atoms with van der Waals surface area (Å²) in [6, 6.07) is 21.9. The molecule has 0 aliphatic carbocycles. The van der Waals surface area contributed by atoms with Gasteiger partial charge in [0, 0.05) is 36.9 Å². The number of carbonyl (C=O) groups excluding carboxylic acids is 4. The highest BCUT2D eigenvalue weighted by molar-refractivity contribution is 7.90. The highest BCUT2D eigenvalue weighted by Gasteiger charge is 2.31. The van der Waals surface area contributed by atoms with Crippen molar-refractivity contribution in [3.8, 4) is 11.5 Å². The number of ether oxygens (including phenoxy) is 2. The Morgan fingerprint density at radius 3 is 1.57 bits per heavy atom. The summed E-state index contributed by atoms with van der Waals surface area (Å²) in [6.07, 6.45) is 4.56. The fraction of sp³-hybridized carbons (Fsp3) is 0.246. The number of amides is 4. The van der Waals surface area contributed by atoms with Crippen molar-refractivity contribution >= 4 is 113 Å². The topological polar surface area (TPSA) is 306 Å². The number of carbonyl (C=O) groups is 4. The van der Waals surface area contributed by atoms with Crippen molar-refractivity contribution in [2.24, 2.45) is 11.5 Å². The summed E-state index contributed by atoms with van der Waals surface area (Å²) in [7, 11) is 6.27. The zero-order valence-electron chi connectivity index (χ0n) is 49.6. The van der Waals surface area contributed by atoms with Crippen molar-refractivity contribution in [2.45, 2.75) is 38.5 Å². The molecule has 4 amide bonds. The lowest BCUT2D eigenvalue weighted by Gasteiger charge is -2.21. The summed E-state index contributed by atoms with van der Waals surface area (Å²) >= 11 is 0. The van der Waals surface area contributed by atoms with E-state index in [-0.39, 0.29) is 63.6 Å². The maximum absolute atomic E-state index is 14.8. The molecule has 6 heterocycles. The summed E-state index contributed by atoms with van der Waals surface area (Å²) in [6.45, 7) is 7.03. The number of primary amides is 2. The summed E-state index contributed by atoms with van der Waals surface area (Å²) in [5.41, 5.74) is 17.7. The zero-order chi connectivity index (χ0) is 63.0. The monoisotopic (exact) mass is 1220 g/mol. The molecule has 0 saturated carbocycles. The van der Waals surface area contributed by atoms with Crippen LogP contribution in [0.4, 0.5) is 66.4 Å². The van der Waals surface area contributed by atoms with E-state index in [0.29, 0.717) is 82.4 Å². The predicted molar refractivity (Wildman–Crippen MR) is 333 cm³/mol. The molecule has 0 spiro atoms. The first kappa shape index (κ1) is 60.9. The second-order valence-corrected chi connectivity index (χ2v) is 23.4. The predicted octanol–water partition coefficient (Wildman–Crippen LogP) is 7.92. The number of nitrogens with one attached hydrogen (secondary N) is 5. The largest absolute Gasteiger partial charge is 0.495 e. The van der Waals surface area contributed by atoms with E-state index in [0.717, 1.165) is 44.4 Å². The third-order valence-electron chi connectivity index (χ3n) is 14.7. The number of hydrogen-bond donors (Lipinski definition) is 7. The number of aryl methyl sites for hydroxylation is 3. The van der Waals surface area contributed by atoms with Gasteiger partial charge in [-0.25, -0.2) is 21.2 Å². The molecule has 27 heteroatoms. The molecule has 0 radical (unpaired) electrons. The average Bonchev–Trinajstić information content (AvgIpc) is 1.87. The van der Waals surface area contributed by atoms with Crippen LogP contribution in [-0.2, 0) is 32.5 Å². The average molecular weight is 1220 g/mol. The smallest absolute Gasteiger partial charge is 0.269 e. The number of aromatic nitrogens is 6. The zero-order valence-corrected chi connectivity index (χ0v) is 50.4. The molecular weight excluding hydrogens is 1150 g/mol. The molecule has 4 aromatic heterocycles. The first-order chi connectivity index (χ1) is 41.9. The molecule has 9 N–H and O–H groups in total. The van der Waals surface area contributed by atoms with Crippen molar-refractivity contribution in [3.05, 3.63) is 148 Å². The summed E-state index contributed by atoms with van der Waals surface area (Å²) < 4.78 is 69.6. The van der Waals surface area contributed by atoms with E-state index in [9.17, 15) is 36.4 Å². The van der Waals surface area contributed by atoms with Gasteiger partial charge in [0.25, 0.3) is 21.8 Å². The van der Waals surface area contributed by atoms with Crippen LogP contribution in [0.5, 0.6) is 11.5 Å². The standard InChI is InChI=1S/C34H35FN8O5S.C27H29FN8O3/c1-19-9-11-22(12-10-19)49(46,47)43-17-20(2)29-32(37-24-8-6-7-23(35)30(24)31(36)45)39-34(40-33(29)43)38-25-16-26-21(15-27(25)48-5)13-14-42(26)28(44)18-41(3)4;1-14-12-30-25-22(14)26(31-17-7-5-6-16(28)23(17)24(29)38)34-27(33-25)32-18-11-19-15(10-20(18)39-4)8-9-36(19)21(37)13-35(2)3/h6-12,15-17H,13-14,18H2,1-5H3,(H2,36,45)(H2,37,38,39,40);5-7,10-12H,8-9,13H2,1-4H3,(H2,29,38)(H3,30,31,32,33,34). The van der Waals surface area contributed by atoms with E-state index in [2.05, 4.69) is 46.2 Å². The lowest BCUT2D eigenvalue weighted by molar-refractivity contribution is -0.119. The number of H-pyrrole nitrogens is 1. The Morgan fingerprint density at radius 2 is 1.10 bits per heavy atom. The minimum Gasteiger partial charge on any atom is -0.495 e. The first-order valence-electron chi connectivity index (χ1n) is 27.6. The van der Waals surface area contributed by atoms with Gasteiger partial charge in [-0.05, 0) is 145 Å². The highest BCUT2D eigenvalue weighted by atomic mass is 32.2. The second-order valence-electron chi connectivity index (χ2n) is 21.6. The number of likely N-dealkylation sites (N-methyl/N-ethyl adjacent to an activating group) is 2. The molecule has 2 aliphatic heterocycles. The van der Waals surface area contributed by atoms with Crippen molar-refractivity contribution in [1.82, 2.24) is 38.7 Å². The summed E-state index contributed by atoms with van der Waals surface area (Å²) in [5, 5.41) is 13.4. The van der Waals surface area contributed by atoms with Gasteiger partial charge in [-0.15, -0.1) is 0 Å². The van der Waals surface area contributed by atoms with E-state index in [1.165, 1.54) is 49.7 Å². The van der Waals surface area contributed by atoms with E-state index in [1.54, 1.807) is 59.2 Å². The quantitative estimate of drug-likeness (QED) is 0.0429. The number of anilines is 10. The third kappa shape index (κ3) is 12.1. The van der Waals surface area contributed by atoms with Gasteiger partial charge in [0.05, 0.1) is 76.9 Å². The van der Waals surface area contributed by atoms with E-state index in [4.69, 9.17) is 20.9 Å². The van der Waals surface area contributed by atoms with Gasteiger partial charge >= 0.3 is 0 Å². The highest BCUT2D eigenvalue weighted by Crippen LogP contribution is 2.42. The fourth-order valence-electron chi connectivity index (χ4n) is 10.6. The molecule has 11 rings (SSSR count). The Morgan fingerprint density at radius 1 is 0.625 bits per heavy atom. The molecule has 0 saturated heterocycles. The number of nitrogens with two attached hydrogens (primary N) is 2. The maximum Gasteiger partial charge on any atom is 0.269 e. The Kier molecular flexibility index (Phi) is 17.0. The van der Waals surface area contributed by atoms with Gasteiger partial charge in [-0.2, -0.15) is 19.9 Å². The fourth-order valence-corrected chi connectivity index (χ4v) is 12.0. The van der Waals surface area contributed by atoms with Crippen LogP contribution in [0, 0.1) is 32.4 Å². The normalized spacial score (nSPS) is 12.7. The van der Waals surface area contributed by atoms with Gasteiger partial charge in [0.15, 0.2) is 5.65 Å². The van der Waals surface area contributed by atoms with E-state index < -0.39 is 39.0 Å². The third-order valence-corrected chi connectivity index (χ3v) is 16.4. The summed E-state index contributed by atoms with van der Waals surface area (Å²) in [4.78, 5) is 78.9. The Bertz CT molecular complexity index is 4380. The molecule has 0 bridgehead atoms. The van der Waals surface area contributed by atoms with Gasteiger partial charge < -0.3 is 66.8 Å². The molecule has 456 valence electrons. The molecule has 24 nitrogen and oxygen atoms in total. The van der Waals surface area contributed by atoms with Crippen molar-refractivity contribution in [2.75, 3.05) is 99.7 Å². The van der Waals surface area contributed by atoms with Crippen molar-refractivity contribution < 1.29 is 45.9 Å². The van der Waals surface area contributed by atoms with Crippen LogP contribution in [0.15, 0.2) is 102 Å². The van der Waals surface area contributed by atoms with Gasteiger partial charge in [0.1, 0.15) is 40.4 Å². The molecule has 88 heavy (non-hydrogen) atoms.